The van der Waals surface area contributed by atoms with E-state index in [0.717, 1.165) is 10.5 Å². The first-order chi connectivity index (χ1) is 29.6. The van der Waals surface area contributed by atoms with Gasteiger partial charge in [-0.1, -0.05) is 76.9 Å². The number of nitrogens with one attached hydrogen (secondary N) is 3. The van der Waals surface area contributed by atoms with E-state index in [1.165, 1.54) is 44.6 Å². The lowest BCUT2D eigenvalue weighted by Crippen LogP contribution is -2.57. The molecule has 63 heavy (non-hydrogen) atoms. The highest BCUT2D eigenvalue weighted by Gasteiger charge is 2.37. The van der Waals surface area contributed by atoms with Gasteiger partial charge >= 0.3 is 11.9 Å². The molecular weight excluding hydrogens is 850 g/mol. The van der Waals surface area contributed by atoms with Crippen molar-refractivity contribution in [1.29, 1.82) is 0 Å². The number of cyclic esters (lactones) is 2. The molecule has 0 aromatic heterocycles. The molecule has 1 aromatic carbocycles. The van der Waals surface area contributed by atoms with Crippen molar-refractivity contribution in [3.8, 4) is 0 Å². The van der Waals surface area contributed by atoms with Gasteiger partial charge in [-0.3, -0.25) is 24.0 Å². The van der Waals surface area contributed by atoms with Crippen LogP contribution < -0.4 is 16.0 Å². The second-order valence-corrected chi connectivity index (χ2v) is 18.1. The molecule has 1 aromatic rings. The van der Waals surface area contributed by atoms with Gasteiger partial charge in [0.05, 0.1) is 18.6 Å². The molecule has 5 amide bonds. The molecule has 9 atom stereocenters. The molecule has 3 N–H and O–H groups in total. The molecule has 0 spiro atoms. The van der Waals surface area contributed by atoms with E-state index in [-0.39, 0.29) is 36.7 Å². The van der Waals surface area contributed by atoms with Crippen molar-refractivity contribution in [3.63, 3.8) is 0 Å². The Balaban J connectivity index is 2.69. The van der Waals surface area contributed by atoms with Gasteiger partial charge in [0.2, 0.25) is 23.6 Å². The highest BCUT2D eigenvalue weighted by atomic mass is 35.5. The Hall–Kier alpha value is -4.41. The Morgan fingerprint density at radius 1 is 0.937 bits per heavy atom. The van der Waals surface area contributed by atoms with E-state index in [0.29, 0.717) is 22.9 Å². The summed E-state index contributed by atoms with van der Waals surface area (Å²) in [6.07, 6.45) is 3.70. The quantitative estimate of drug-likeness (QED) is 0.158. The lowest BCUT2D eigenvalue weighted by molar-refractivity contribution is -0.155. The molecule has 0 saturated carbocycles. The van der Waals surface area contributed by atoms with Gasteiger partial charge in [-0.25, -0.2) is 9.59 Å². The van der Waals surface area contributed by atoms with Gasteiger partial charge in [0.15, 0.2) is 6.10 Å². The van der Waals surface area contributed by atoms with Crippen molar-refractivity contribution in [2.75, 3.05) is 32.8 Å². The van der Waals surface area contributed by atoms with Gasteiger partial charge in [0, 0.05) is 37.0 Å². The van der Waals surface area contributed by atoms with E-state index in [4.69, 9.17) is 25.8 Å². The number of hydrogen-bond donors (Lipinski definition) is 3. The fraction of sp³-hybridized carbons (Fsp3) is 0.630. The molecule has 2 rings (SSSR count). The van der Waals surface area contributed by atoms with Crippen LogP contribution >= 0.6 is 23.4 Å². The van der Waals surface area contributed by atoms with Crippen LogP contribution in [-0.4, -0.2) is 127 Å². The number of amides is 5. The van der Waals surface area contributed by atoms with Crippen LogP contribution in [0.3, 0.4) is 0 Å². The Kier molecular flexibility index (Phi) is 22.9. The molecule has 0 bridgehead atoms. The summed E-state index contributed by atoms with van der Waals surface area (Å²) in [5.41, 5.74) is 1.62. The number of carbonyl (C=O) groups excluding carboxylic acids is 7. The number of ether oxygens (including phenoxy) is 3. The van der Waals surface area contributed by atoms with Gasteiger partial charge in [0.1, 0.15) is 30.3 Å². The Morgan fingerprint density at radius 3 is 2.13 bits per heavy atom. The summed E-state index contributed by atoms with van der Waals surface area (Å²) < 4.78 is 18.1. The fourth-order valence-corrected chi connectivity index (χ4v) is 7.35. The minimum Gasteiger partial charge on any atom is -0.456 e. The Bertz CT molecular complexity index is 1810. The summed E-state index contributed by atoms with van der Waals surface area (Å²) in [5.74, 6) is -5.17. The third-order valence-corrected chi connectivity index (χ3v) is 11.9. The monoisotopic (exact) mass is 919 g/mol. The van der Waals surface area contributed by atoms with Crippen LogP contribution in [0.15, 0.2) is 47.6 Å². The largest absolute Gasteiger partial charge is 0.456 e. The third kappa shape index (κ3) is 16.9. The fourth-order valence-electron chi connectivity index (χ4n) is 6.92. The molecule has 17 heteroatoms. The maximum atomic E-state index is 14.2. The number of allylic oxidation sites excluding steroid dienone is 1. The number of likely N-dealkylation sites (N-methyl/N-ethyl adjacent to an activating group) is 2. The Labute approximate surface area is 383 Å². The normalized spacial score (nSPS) is 27.8. The number of esters is 2. The highest BCUT2D eigenvalue weighted by Crippen LogP contribution is 2.26. The summed E-state index contributed by atoms with van der Waals surface area (Å²) in [6.45, 7) is 17.0. The average molecular weight is 921 g/mol. The molecular formula is C46H70ClN5O10S. The minimum absolute atomic E-state index is 0.0341. The zero-order valence-corrected chi connectivity index (χ0v) is 40.8. The SMILES string of the molecule is C/C=C(\C)[C@H]1OC(=O)[C@H](C)NC(=O)[C@H](C(C)CC)NC(=O)CN(C)C(=O)[C@@H](Cc2ccc(Cl)cc2)N(C)C(=O)[C@H](C)NC(=O)[C@@H](CC(C)C)OC(=O)/C(C)=C/C[C@H](OCSC)[C@@H]1C. The van der Waals surface area contributed by atoms with Gasteiger partial charge in [0.25, 0.3) is 5.91 Å². The van der Waals surface area contributed by atoms with Crippen LogP contribution in [0.1, 0.15) is 94.1 Å². The van der Waals surface area contributed by atoms with E-state index in [1.807, 2.05) is 53.9 Å². The van der Waals surface area contributed by atoms with Crippen LogP contribution in [0, 0.1) is 17.8 Å². The summed E-state index contributed by atoms with van der Waals surface area (Å²) in [5, 5.41) is 8.62. The number of thioether (sulfide) groups is 1. The lowest BCUT2D eigenvalue weighted by atomic mass is 9.90. The molecule has 0 aliphatic carbocycles. The first-order valence-electron chi connectivity index (χ1n) is 21.5. The maximum absolute atomic E-state index is 14.2. The number of halogens is 1. The van der Waals surface area contributed by atoms with E-state index in [2.05, 4.69) is 16.0 Å². The predicted octanol–water partition coefficient (Wildman–Crippen LogP) is 5.24. The van der Waals surface area contributed by atoms with Gasteiger partial charge in [-0.05, 0) is 88.8 Å². The zero-order chi connectivity index (χ0) is 47.7. The molecule has 15 nitrogen and oxygen atoms in total. The minimum atomic E-state index is -1.25. The molecule has 1 heterocycles. The van der Waals surface area contributed by atoms with E-state index in [1.54, 1.807) is 44.2 Å². The topological polar surface area (TPSA) is 190 Å². The zero-order valence-electron chi connectivity index (χ0n) is 39.2. The van der Waals surface area contributed by atoms with E-state index < -0.39 is 96.4 Å². The van der Waals surface area contributed by atoms with Crippen molar-refractivity contribution >= 4 is 64.8 Å². The number of rotatable bonds is 10. The molecule has 1 aliphatic rings. The average Bonchev–Trinajstić information content (AvgIpc) is 3.24. The van der Waals surface area contributed by atoms with Crippen LogP contribution in [-0.2, 0) is 54.2 Å². The number of nitrogens with zero attached hydrogens (tertiary/aromatic N) is 2. The van der Waals surface area contributed by atoms with Crippen molar-refractivity contribution in [3.05, 3.63) is 58.1 Å². The van der Waals surface area contributed by atoms with Crippen molar-refractivity contribution < 1.29 is 47.8 Å². The summed E-state index contributed by atoms with van der Waals surface area (Å²) >= 11 is 7.59. The molecule has 1 aliphatic heterocycles. The lowest BCUT2D eigenvalue weighted by Gasteiger charge is -2.33. The summed E-state index contributed by atoms with van der Waals surface area (Å²) in [4.78, 5) is 99.1. The molecule has 1 unspecified atom stereocenters. The van der Waals surface area contributed by atoms with E-state index >= 15 is 0 Å². The van der Waals surface area contributed by atoms with Crippen molar-refractivity contribution in [2.45, 2.75) is 137 Å². The van der Waals surface area contributed by atoms with Gasteiger partial charge < -0.3 is 40.0 Å². The van der Waals surface area contributed by atoms with Crippen LogP contribution in [0.2, 0.25) is 5.02 Å². The third-order valence-electron chi connectivity index (χ3n) is 11.3. The molecule has 0 fully saturated rings. The van der Waals surface area contributed by atoms with Crippen LogP contribution in [0.25, 0.3) is 0 Å². The second kappa shape index (κ2) is 26.4. The molecule has 352 valence electrons. The molecule has 0 saturated heterocycles. The van der Waals surface area contributed by atoms with Gasteiger partial charge in [-0.15, -0.1) is 11.8 Å². The first kappa shape index (κ1) is 54.7. The number of carbonyl (C=O) groups is 7. The highest BCUT2D eigenvalue weighted by molar-refractivity contribution is 7.98. The van der Waals surface area contributed by atoms with Gasteiger partial charge in [-0.2, -0.15) is 0 Å². The summed E-state index contributed by atoms with van der Waals surface area (Å²) in [7, 11) is 2.84. The van der Waals surface area contributed by atoms with Crippen molar-refractivity contribution in [2.24, 2.45) is 17.8 Å². The van der Waals surface area contributed by atoms with Crippen LogP contribution in [0.5, 0.6) is 0 Å². The first-order valence-corrected chi connectivity index (χ1v) is 23.3. The number of hydrogen-bond acceptors (Lipinski definition) is 11. The number of benzene rings is 1. The van der Waals surface area contributed by atoms with Crippen molar-refractivity contribution in [1.82, 2.24) is 25.8 Å². The predicted molar refractivity (Wildman–Crippen MR) is 245 cm³/mol. The standard InChI is InChI=1S/C46H70ClN5O10S/c1-14-27(5)39-42(55)49-32(10)46(59)62-40(28(6)15-2)30(8)36(60-25-63-13)21-16-29(7)45(58)61-37(22-26(3)4)41(54)48-31(9)43(56)52(12)35(23-33-17-19-34(47)20-18-33)44(57)51(11)24-38(53)50-39/h15-20,26-27,30-32,35-37,39-40H,14,21-25H2,1-13H3,(H,48,54)(H,49,55)(H,50,53)/b28-15+,29-16+/t27?,30-,31-,32-,35+,36-,37+,39-,40+/m0/s1. The molecule has 0 radical (unpaired) electrons. The maximum Gasteiger partial charge on any atom is 0.334 e. The summed E-state index contributed by atoms with van der Waals surface area (Å²) in [6, 6.07) is 2.25. The second-order valence-electron chi connectivity index (χ2n) is 16.9. The van der Waals surface area contributed by atoms with E-state index in [9.17, 15) is 33.6 Å². The smallest absolute Gasteiger partial charge is 0.334 e. The Morgan fingerprint density at radius 2 is 1.56 bits per heavy atom. The van der Waals surface area contributed by atoms with Crippen LogP contribution in [0.4, 0.5) is 0 Å².